The van der Waals surface area contributed by atoms with Crippen LogP contribution in [0.25, 0.3) is 11.0 Å². The SMILES string of the molecule is O=C1OC(CSc2nc3cc(F)c(F)cc3[nH]2)CC12CCC2. The molecule has 4 nitrogen and oxygen atoms in total. The summed E-state index contributed by atoms with van der Waals surface area (Å²) in [5.41, 5.74) is 0.617. The monoisotopic (exact) mass is 324 g/mol. The lowest BCUT2D eigenvalue weighted by Crippen LogP contribution is -2.33. The molecular weight excluding hydrogens is 310 g/mol. The average Bonchev–Trinajstić information content (AvgIpc) is 2.97. The molecule has 1 atom stereocenters. The van der Waals surface area contributed by atoms with Gasteiger partial charge < -0.3 is 9.72 Å². The highest BCUT2D eigenvalue weighted by molar-refractivity contribution is 7.99. The maximum atomic E-state index is 13.2. The number of esters is 1. The smallest absolute Gasteiger partial charge is 0.312 e. The predicted molar refractivity (Wildman–Crippen MR) is 77.5 cm³/mol. The van der Waals surface area contributed by atoms with Crippen molar-refractivity contribution in [3.8, 4) is 0 Å². The molecule has 7 heteroatoms. The van der Waals surface area contributed by atoms with Crippen LogP contribution in [0.5, 0.6) is 0 Å². The van der Waals surface area contributed by atoms with Gasteiger partial charge in [-0.1, -0.05) is 18.2 Å². The second-order valence-corrected chi connectivity index (χ2v) is 7.01. The van der Waals surface area contributed by atoms with Gasteiger partial charge in [0.15, 0.2) is 16.8 Å². The second kappa shape index (κ2) is 4.94. The van der Waals surface area contributed by atoms with Gasteiger partial charge in [0.05, 0.1) is 16.4 Å². The molecule has 0 bridgehead atoms. The van der Waals surface area contributed by atoms with E-state index in [-0.39, 0.29) is 17.5 Å². The number of fused-ring (bicyclic) bond motifs is 1. The van der Waals surface area contributed by atoms with E-state index in [9.17, 15) is 13.6 Å². The Kier molecular flexibility index (Phi) is 3.14. The predicted octanol–water partition coefficient (Wildman–Crippen LogP) is 3.42. The number of carbonyl (C=O) groups excluding carboxylic acids is 1. The van der Waals surface area contributed by atoms with Gasteiger partial charge in [-0.15, -0.1) is 0 Å². The van der Waals surface area contributed by atoms with E-state index in [2.05, 4.69) is 9.97 Å². The van der Waals surface area contributed by atoms with E-state index in [1.165, 1.54) is 11.8 Å². The largest absolute Gasteiger partial charge is 0.461 e. The van der Waals surface area contributed by atoms with Crippen LogP contribution < -0.4 is 0 Å². The number of halogens is 2. The fourth-order valence-corrected chi connectivity index (χ4v) is 4.04. The number of rotatable bonds is 3. The topological polar surface area (TPSA) is 55.0 Å². The van der Waals surface area contributed by atoms with Crippen molar-refractivity contribution in [3.05, 3.63) is 23.8 Å². The number of ether oxygens (including phenoxy) is 1. The number of aromatic amines is 1. The van der Waals surface area contributed by atoms with E-state index >= 15 is 0 Å². The highest BCUT2D eigenvalue weighted by Crippen LogP contribution is 2.50. The number of thioether (sulfide) groups is 1. The summed E-state index contributed by atoms with van der Waals surface area (Å²) in [7, 11) is 0. The van der Waals surface area contributed by atoms with Crippen LogP contribution in [0.3, 0.4) is 0 Å². The highest BCUT2D eigenvalue weighted by atomic mass is 32.2. The molecule has 1 aromatic heterocycles. The molecule has 1 aromatic carbocycles. The van der Waals surface area contributed by atoms with Crippen LogP contribution in [0.4, 0.5) is 8.78 Å². The number of nitrogens with one attached hydrogen (secondary N) is 1. The van der Waals surface area contributed by atoms with Crippen molar-refractivity contribution in [1.82, 2.24) is 9.97 Å². The lowest BCUT2D eigenvalue weighted by atomic mass is 9.67. The van der Waals surface area contributed by atoms with Gasteiger partial charge in [0.1, 0.15) is 6.10 Å². The molecule has 0 radical (unpaired) electrons. The molecular formula is C15H14F2N2O2S. The summed E-state index contributed by atoms with van der Waals surface area (Å²) in [6, 6.07) is 2.17. The minimum absolute atomic E-state index is 0.0712. The van der Waals surface area contributed by atoms with Crippen molar-refractivity contribution in [2.75, 3.05) is 5.75 Å². The Labute approximate surface area is 129 Å². The molecule has 1 aliphatic heterocycles. The molecule has 1 spiro atoms. The fraction of sp³-hybridized carbons (Fsp3) is 0.467. The van der Waals surface area contributed by atoms with Crippen molar-refractivity contribution < 1.29 is 18.3 Å². The maximum absolute atomic E-state index is 13.2. The third-order valence-corrected chi connectivity index (χ3v) is 5.55. The number of hydrogen-bond donors (Lipinski definition) is 1. The van der Waals surface area contributed by atoms with E-state index in [0.29, 0.717) is 21.9 Å². The summed E-state index contributed by atoms with van der Waals surface area (Å²) in [6.07, 6.45) is 3.60. The Balaban J connectivity index is 1.45. The molecule has 1 aliphatic carbocycles. The third kappa shape index (κ3) is 2.18. The second-order valence-electron chi connectivity index (χ2n) is 6.00. The third-order valence-electron chi connectivity index (χ3n) is 4.54. The number of cyclic esters (lactones) is 1. The summed E-state index contributed by atoms with van der Waals surface area (Å²) in [5.74, 6) is -1.28. The number of nitrogens with zero attached hydrogens (tertiary/aromatic N) is 1. The lowest BCUT2D eigenvalue weighted by molar-refractivity contribution is -0.151. The van der Waals surface area contributed by atoms with Gasteiger partial charge >= 0.3 is 5.97 Å². The van der Waals surface area contributed by atoms with E-state index < -0.39 is 11.6 Å². The molecule has 1 unspecified atom stereocenters. The van der Waals surface area contributed by atoms with Crippen molar-refractivity contribution in [1.29, 1.82) is 0 Å². The van der Waals surface area contributed by atoms with Crippen LogP contribution in [-0.2, 0) is 9.53 Å². The summed E-state index contributed by atoms with van der Waals surface area (Å²) >= 11 is 1.40. The highest BCUT2D eigenvalue weighted by Gasteiger charge is 2.52. The van der Waals surface area contributed by atoms with Gasteiger partial charge in [0, 0.05) is 24.3 Å². The minimum atomic E-state index is -0.910. The standard InChI is InChI=1S/C15H14F2N2O2S/c16-9-4-11-12(5-10(9)17)19-14(18-11)22-7-8-6-15(2-1-3-15)13(20)21-8/h4-5,8H,1-3,6-7H2,(H,18,19). The summed E-state index contributed by atoms with van der Waals surface area (Å²) in [6.45, 7) is 0. The van der Waals surface area contributed by atoms with Crippen molar-refractivity contribution in [2.24, 2.45) is 5.41 Å². The number of carbonyl (C=O) groups is 1. The molecule has 0 amide bonds. The molecule has 4 rings (SSSR count). The van der Waals surface area contributed by atoms with Crippen LogP contribution in [0, 0.1) is 17.0 Å². The molecule has 116 valence electrons. The quantitative estimate of drug-likeness (QED) is 0.694. The van der Waals surface area contributed by atoms with E-state index in [4.69, 9.17) is 4.74 Å². The van der Waals surface area contributed by atoms with Crippen LogP contribution in [0.1, 0.15) is 25.7 Å². The maximum Gasteiger partial charge on any atom is 0.312 e. The zero-order chi connectivity index (χ0) is 15.3. The van der Waals surface area contributed by atoms with Gasteiger partial charge in [-0.05, 0) is 12.8 Å². The Morgan fingerprint density at radius 3 is 2.82 bits per heavy atom. The summed E-state index contributed by atoms with van der Waals surface area (Å²) in [5, 5.41) is 0.575. The van der Waals surface area contributed by atoms with Crippen LogP contribution in [0.2, 0.25) is 0 Å². The minimum Gasteiger partial charge on any atom is -0.461 e. The number of aromatic nitrogens is 2. The molecule has 1 saturated heterocycles. The van der Waals surface area contributed by atoms with Gasteiger partial charge in [-0.3, -0.25) is 4.79 Å². The van der Waals surface area contributed by atoms with Gasteiger partial charge in [-0.2, -0.15) is 0 Å². The van der Waals surface area contributed by atoms with E-state index in [1.807, 2.05) is 0 Å². The first kappa shape index (κ1) is 14.0. The zero-order valence-corrected chi connectivity index (χ0v) is 12.5. The van der Waals surface area contributed by atoms with Crippen LogP contribution >= 0.6 is 11.8 Å². The van der Waals surface area contributed by atoms with Crippen molar-refractivity contribution in [2.45, 2.75) is 36.9 Å². The molecule has 2 fully saturated rings. The summed E-state index contributed by atoms with van der Waals surface area (Å²) < 4.78 is 31.8. The number of imidazole rings is 1. The molecule has 1 N–H and O–H groups in total. The molecule has 1 saturated carbocycles. The van der Waals surface area contributed by atoms with E-state index in [1.54, 1.807) is 0 Å². The lowest BCUT2D eigenvalue weighted by Gasteiger charge is -2.33. The molecule has 2 heterocycles. The van der Waals surface area contributed by atoms with Gasteiger partial charge in [-0.25, -0.2) is 13.8 Å². The van der Waals surface area contributed by atoms with Crippen LogP contribution in [-0.4, -0.2) is 27.8 Å². The Bertz CT molecular complexity index is 718. The first-order chi connectivity index (χ1) is 10.6. The first-order valence-electron chi connectivity index (χ1n) is 7.24. The Morgan fingerprint density at radius 2 is 2.14 bits per heavy atom. The number of hydrogen-bond acceptors (Lipinski definition) is 4. The zero-order valence-electron chi connectivity index (χ0n) is 11.7. The van der Waals surface area contributed by atoms with Crippen molar-refractivity contribution in [3.63, 3.8) is 0 Å². The number of H-pyrrole nitrogens is 1. The first-order valence-corrected chi connectivity index (χ1v) is 8.23. The van der Waals surface area contributed by atoms with Crippen LogP contribution in [0.15, 0.2) is 17.3 Å². The average molecular weight is 324 g/mol. The normalized spacial score (nSPS) is 23.0. The number of benzene rings is 1. The molecule has 2 aliphatic rings. The summed E-state index contributed by atoms with van der Waals surface area (Å²) in [4.78, 5) is 19.1. The molecule has 22 heavy (non-hydrogen) atoms. The fourth-order valence-electron chi connectivity index (χ4n) is 3.16. The van der Waals surface area contributed by atoms with E-state index in [0.717, 1.165) is 37.8 Å². The van der Waals surface area contributed by atoms with Crippen molar-refractivity contribution >= 4 is 28.8 Å². The molecule has 2 aromatic rings. The van der Waals surface area contributed by atoms with Gasteiger partial charge in [0.25, 0.3) is 0 Å². The Hall–Kier alpha value is -1.63. The Morgan fingerprint density at radius 1 is 1.36 bits per heavy atom. The van der Waals surface area contributed by atoms with Gasteiger partial charge in [0.2, 0.25) is 0 Å².